The molecule has 0 heterocycles. The summed E-state index contributed by atoms with van der Waals surface area (Å²) in [5, 5.41) is 0. The molecule has 1 nitrogen and oxygen atoms in total. The average molecular weight is 300 g/mol. The molecule has 0 fully saturated rings. The Hall–Kier alpha value is -2.67. The lowest BCUT2D eigenvalue weighted by atomic mass is 9.66. The molecule has 3 rings (SSSR count). The Morgan fingerprint density at radius 2 is 0.957 bits per heavy atom. The van der Waals surface area contributed by atoms with Crippen LogP contribution in [-0.4, -0.2) is 5.78 Å². The van der Waals surface area contributed by atoms with Crippen molar-refractivity contribution < 1.29 is 4.79 Å². The summed E-state index contributed by atoms with van der Waals surface area (Å²) in [5.74, 6) is 0.209. The lowest BCUT2D eigenvalue weighted by Gasteiger charge is -2.34. The van der Waals surface area contributed by atoms with Gasteiger partial charge in [0.05, 0.1) is 0 Å². The lowest BCUT2D eigenvalue weighted by molar-refractivity contribution is -0.121. The zero-order chi connectivity index (χ0) is 16.1. The Morgan fingerprint density at radius 1 is 0.652 bits per heavy atom. The third kappa shape index (κ3) is 2.59. The van der Waals surface area contributed by atoms with Gasteiger partial charge in [0.1, 0.15) is 5.41 Å². The van der Waals surface area contributed by atoms with Crippen molar-refractivity contribution >= 4 is 5.78 Å². The van der Waals surface area contributed by atoms with Crippen LogP contribution in [0.5, 0.6) is 0 Å². The monoisotopic (exact) mass is 300 g/mol. The molecule has 3 aromatic carbocycles. The molecule has 23 heavy (non-hydrogen) atoms. The summed E-state index contributed by atoms with van der Waals surface area (Å²) < 4.78 is 0. The number of Topliss-reactive ketones (excluding diaryl/α,β-unsaturated/α-hetero) is 1. The number of carbonyl (C=O) groups excluding carboxylic acids is 1. The van der Waals surface area contributed by atoms with Crippen LogP contribution in [0.1, 0.15) is 30.0 Å². The highest BCUT2D eigenvalue weighted by Gasteiger charge is 2.42. The van der Waals surface area contributed by atoms with E-state index in [0.717, 1.165) is 16.7 Å². The van der Waals surface area contributed by atoms with Gasteiger partial charge in [-0.05, 0) is 16.7 Å². The van der Waals surface area contributed by atoms with Crippen LogP contribution in [0.25, 0.3) is 0 Å². The fourth-order valence-electron chi connectivity index (χ4n) is 3.31. The zero-order valence-electron chi connectivity index (χ0n) is 13.3. The molecule has 0 unspecified atom stereocenters. The third-order valence-corrected chi connectivity index (χ3v) is 4.36. The Bertz CT molecular complexity index is 664. The van der Waals surface area contributed by atoms with Crippen molar-refractivity contribution in [2.45, 2.75) is 18.8 Å². The standard InChI is InChI=1S/C22H20O/c1-2-21(23)22(18-12-6-3-7-13-18,19-14-8-4-9-15-19)20-16-10-5-11-17-20/h3-17H,2H2,1H3. The predicted molar refractivity (Wildman–Crippen MR) is 94.5 cm³/mol. The summed E-state index contributed by atoms with van der Waals surface area (Å²) in [6.07, 6.45) is 0.485. The van der Waals surface area contributed by atoms with E-state index in [1.807, 2.05) is 97.9 Å². The quantitative estimate of drug-likeness (QED) is 0.606. The highest BCUT2D eigenvalue weighted by molar-refractivity contribution is 5.97. The van der Waals surface area contributed by atoms with Crippen molar-refractivity contribution in [1.29, 1.82) is 0 Å². The molecule has 3 aromatic rings. The average Bonchev–Trinajstić information content (AvgIpc) is 2.65. The maximum absolute atomic E-state index is 13.2. The molecule has 0 aromatic heterocycles. The van der Waals surface area contributed by atoms with Gasteiger partial charge >= 0.3 is 0 Å². The number of ketones is 1. The molecule has 0 radical (unpaired) electrons. The Labute approximate surface area is 137 Å². The Morgan fingerprint density at radius 3 is 1.22 bits per heavy atom. The van der Waals surface area contributed by atoms with Crippen LogP contribution in [0.2, 0.25) is 0 Å². The van der Waals surface area contributed by atoms with Crippen LogP contribution in [0, 0.1) is 0 Å². The van der Waals surface area contributed by atoms with Gasteiger partial charge in [-0.25, -0.2) is 0 Å². The minimum absolute atomic E-state index is 0.209. The first-order chi connectivity index (χ1) is 11.3. The minimum atomic E-state index is -0.751. The molecule has 0 aliphatic rings. The molecule has 0 bridgehead atoms. The highest BCUT2D eigenvalue weighted by atomic mass is 16.1. The molecular weight excluding hydrogens is 280 g/mol. The van der Waals surface area contributed by atoms with Gasteiger partial charge in [0.25, 0.3) is 0 Å². The number of benzene rings is 3. The van der Waals surface area contributed by atoms with Crippen molar-refractivity contribution in [2.75, 3.05) is 0 Å². The maximum atomic E-state index is 13.2. The molecule has 0 amide bonds. The predicted octanol–water partition coefficient (Wildman–Crippen LogP) is 5.00. The van der Waals surface area contributed by atoms with E-state index in [1.54, 1.807) is 0 Å². The van der Waals surface area contributed by atoms with Crippen LogP contribution >= 0.6 is 0 Å². The Balaban J connectivity index is 2.38. The van der Waals surface area contributed by atoms with Gasteiger partial charge in [-0.15, -0.1) is 0 Å². The van der Waals surface area contributed by atoms with Crippen LogP contribution in [0.15, 0.2) is 91.0 Å². The second-order valence-electron chi connectivity index (χ2n) is 5.62. The van der Waals surface area contributed by atoms with Crippen LogP contribution < -0.4 is 0 Å². The summed E-state index contributed by atoms with van der Waals surface area (Å²) >= 11 is 0. The Kier molecular flexibility index (Phi) is 4.38. The van der Waals surface area contributed by atoms with Crippen molar-refractivity contribution in [2.24, 2.45) is 0 Å². The first-order valence-corrected chi connectivity index (χ1v) is 8.00. The second kappa shape index (κ2) is 6.62. The topological polar surface area (TPSA) is 17.1 Å². The van der Waals surface area contributed by atoms with Gasteiger partial charge in [0, 0.05) is 6.42 Å². The first kappa shape index (κ1) is 15.2. The summed E-state index contributed by atoms with van der Waals surface area (Å²) in [7, 11) is 0. The largest absolute Gasteiger partial charge is 0.298 e. The van der Waals surface area contributed by atoms with Gasteiger partial charge < -0.3 is 0 Å². The van der Waals surface area contributed by atoms with Crippen molar-refractivity contribution in [1.82, 2.24) is 0 Å². The summed E-state index contributed by atoms with van der Waals surface area (Å²) in [4.78, 5) is 13.2. The summed E-state index contributed by atoms with van der Waals surface area (Å²) in [5.41, 5.74) is 2.30. The van der Waals surface area contributed by atoms with Gasteiger partial charge in [0.15, 0.2) is 5.78 Å². The zero-order valence-corrected chi connectivity index (χ0v) is 13.3. The maximum Gasteiger partial charge on any atom is 0.151 e. The third-order valence-electron chi connectivity index (χ3n) is 4.36. The molecule has 0 atom stereocenters. The van der Waals surface area contributed by atoms with E-state index in [1.165, 1.54) is 0 Å². The number of rotatable bonds is 5. The molecule has 0 saturated heterocycles. The van der Waals surface area contributed by atoms with E-state index >= 15 is 0 Å². The molecule has 0 N–H and O–H groups in total. The molecular formula is C22H20O. The number of hydrogen-bond acceptors (Lipinski definition) is 1. The fraction of sp³-hybridized carbons (Fsp3) is 0.136. The van der Waals surface area contributed by atoms with Gasteiger partial charge in [-0.1, -0.05) is 97.9 Å². The molecule has 0 aliphatic heterocycles. The molecule has 0 saturated carbocycles. The van der Waals surface area contributed by atoms with Crippen LogP contribution in [0.3, 0.4) is 0 Å². The second-order valence-corrected chi connectivity index (χ2v) is 5.62. The normalized spacial score (nSPS) is 11.2. The lowest BCUT2D eigenvalue weighted by Crippen LogP contribution is -2.38. The molecule has 114 valence electrons. The van der Waals surface area contributed by atoms with Gasteiger partial charge in [-0.3, -0.25) is 4.79 Å². The molecule has 0 aliphatic carbocycles. The minimum Gasteiger partial charge on any atom is -0.298 e. The van der Waals surface area contributed by atoms with E-state index in [2.05, 4.69) is 0 Å². The SMILES string of the molecule is CCC(=O)C(c1ccccc1)(c1ccccc1)c1ccccc1. The number of hydrogen-bond donors (Lipinski definition) is 0. The van der Waals surface area contributed by atoms with Crippen molar-refractivity contribution in [3.05, 3.63) is 108 Å². The van der Waals surface area contributed by atoms with E-state index in [0.29, 0.717) is 6.42 Å². The van der Waals surface area contributed by atoms with Crippen molar-refractivity contribution in [3.63, 3.8) is 0 Å². The van der Waals surface area contributed by atoms with Crippen LogP contribution in [0.4, 0.5) is 0 Å². The number of carbonyl (C=O) groups is 1. The van der Waals surface area contributed by atoms with E-state index < -0.39 is 5.41 Å². The first-order valence-electron chi connectivity index (χ1n) is 8.00. The fourth-order valence-corrected chi connectivity index (χ4v) is 3.31. The smallest absolute Gasteiger partial charge is 0.151 e. The summed E-state index contributed by atoms with van der Waals surface area (Å²) in [6.45, 7) is 1.94. The van der Waals surface area contributed by atoms with E-state index in [-0.39, 0.29) is 5.78 Å². The van der Waals surface area contributed by atoms with E-state index in [9.17, 15) is 4.79 Å². The highest BCUT2D eigenvalue weighted by Crippen LogP contribution is 2.40. The van der Waals surface area contributed by atoms with Crippen LogP contribution in [-0.2, 0) is 10.2 Å². The van der Waals surface area contributed by atoms with Crippen molar-refractivity contribution in [3.8, 4) is 0 Å². The van der Waals surface area contributed by atoms with E-state index in [4.69, 9.17) is 0 Å². The molecule has 0 spiro atoms. The summed E-state index contributed by atoms with van der Waals surface area (Å²) in [6, 6.07) is 30.2. The van der Waals surface area contributed by atoms with Gasteiger partial charge in [0.2, 0.25) is 0 Å². The van der Waals surface area contributed by atoms with Gasteiger partial charge in [-0.2, -0.15) is 0 Å². The molecule has 1 heteroatoms.